The van der Waals surface area contributed by atoms with Gasteiger partial charge in [0, 0.05) is 6.42 Å². The monoisotopic (exact) mass is 155 g/mol. The highest BCUT2D eigenvalue weighted by Gasteiger charge is 2.07. The summed E-state index contributed by atoms with van der Waals surface area (Å²) in [6.45, 7) is 5.48. The number of aliphatic hydroxyl groups is 1. The van der Waals surface area contributed by atoms with Crippen LogP contribution in [0.5, 0.6) is 0 Å². The molecule has 1 atom stereocenters. The van der Waals surface area contributed by atoms with Crippen LogP contribution in [0.15, 0.2) is 4.42 Å². The number of aliphatic hydroxyl groups excluding tert-OH is 1. The van der Waals surface area contributed by atoms with Crippen molar-refractivity contribution in [2.75, 3.05) is 0 Å². The predicted molar refractivity (Wildman–Crippen MR) is 41.4 cm³/mol. The molecule has 0 bridgehead atoms. The Hall–Kier alpha value is -0.830. The summed E-state index contributed by atoms with van der Waals surface area (Å²) in [6.07, 6.45) is 0.113. The van der Waals surface area contributed by atoms with Crippen LogP contribution in [0.25, 0.3) is 0 Å². The third-order valence-electron chi connectivity index (χ3n) is 1.54. The molecule has 3 heteroatoms. The first-order valence-electron chi connectivity index (χ1n) is 3.70. The predicted octanol–water partition coefficient (Wildman–Crippen LogP) is 1.21. The van der Waals surface area contributed by atoms with Gasteiger partial charge in [0.15, 0.2) is 5.89 Å². The maximum atomic E-state index is 9.01. The lowest BCUT2D eigenvalue weighted by atomic mass is 10.3. The van der Waals surface area contributed by atoms with Crippen LogP contribution in [0.3, 0.4) is 0 Å². The van der Waals surface area contributed by atoms with Crippen molar-refractivity contribution in [2.24, 2.45) is 0 Å². The summed E-state index contributed by atoms with van der Waals surface area (Å²) in [5, 5.41) is 9.01. The summed E-state index contributed by atoms with van der Waals surface area (Å²) in [7, 11) is 0. The number of aromatic nitrogens is 1. The average molecular weight is 155 g/mol. The van der Waals surface area contributed by atoms with Crippen molar-refractivity contribution in [1.29, 1.82) is 0 Å². The second-order valence-electron chi connectivity index (χ2n) is 2.80. The largest absolute Gasteiger partial charge is 0.446 e. The quantitative estimate of drug-likeness (QED) is 0.698. The van der Waals surface area contributed by atoms with Crippen molar-refractivity contribution in [3.63, 3.8) is 0 Å². The Labute approximate surface area is 66.1 Å². The summed E-state index contributed by atoms with van der Waals surface area (Å²) < 4.78 is 5.25. The number of hydrogen-bond donors (Lipinski definition) is 1. The van der Waals surface area contributed by atoms with E-state index in [1.165, 1.54) is 0 Å². The van der Waals surface area contributed by atoms with Crippen molar-refractivity contribution in [3.8, 4) is 0 Å². The molecule has 1 heterocycles. The second kappa shape index (κ2) is 3.05. The minimum Gasteiger partial charge on any atom is -0.446 e. The van der Waals surface area contributed by atoms with E-state index in [0.29, 0.717) is 12.3 Å². The van der Waals surface area contributed by atoms with Crippen molar-refractivity contribution in [2.45, 2.75) is 33.3 Å². The van der Waals surface area contributed by atoms with E-state index in [2.05, 4.69) is 4.98 Å². The molecule has 0 amide bonds. The minimum absolute atomic E-state index is 0.382. The van der Waals surface area contributed by atoms with Crippen LogP contribution in [0.4, 0.5) is 0 Å². The Balaban J connectivity index is 2.73. The topological polar surface area (TPSA) is 46.3 Å². The molecule has 0 aliphatic heterocycles. The van der Waals surface area contributed by atoms with E-state index in [0.717, 1.165) is 11.5 Å². The molecule has 1 aromatic rings. The van der Waals surface area contributed by atoms with Gasteiger partial charge in [-0.2, -0.15) is 0 Å². The zero-order valence-corrected chi connectivity index (χ0v) is 7.09. The van der Waals surface area contributed by atoms with Crippen LogP contribution in [-0.2, 0) is 6.42 Å². The van der Waals surface area contributed by atoms with Gasteiger partial charge in [0.2, 0.25) is 0 Å². The molecule has 0 saturated heterocycles. The highest BCUT2D eigenvalue weighted by molar-refractivity contribution is 5.05. The van der Waals surface area contributed by atoms with Gasteiger partial charge in [0.05, 0.1) is 11.8 Å². The Morgan fingerprint density at radius 3 is 2.55 bits per heavy atom. The Morgan fingerprint density at radius 2 is 2.18 bits per heavy atom. The zero-order valence-electron chi connectivity index (χ0n) is 7.09. The number of rotatable bonds is 2. The van der Waals surface area contributed by atoms with Crippen molar-refractivity contribution >= 4 is 0 Å². The molecule has 11 heavy (non-hydrogen) atoms. The van der Waals surface area contributed by atoms with Crippen LogP contribution in [-0.4, -0.2) is 16.2 Å². The number of nitrogens with zero attached hydrogens (tertiary/aromatic N) is 1. The molecule has 1 unspecified atom stereocenters. The van der Waals surface area contributed by atoms with Gasteiger partial charge >= 0.3 is 0 Å². The highest BCUT2D eigenvalue weighted by Crippen LogP contribution is 2.09. The molecule has 1 aromatic heterocycles. The SMILES string of the molecule is Cc1nc(CC(C)O)oc1C. The van der Waals surface area contributed by atoms with E-state index in [9.17, 15) is 0 Å². The lowest BCUT2D eigenvalue weighted by molar-refractivity contribution is 0.185. The maximum absolute atomic E-state index is 9.01. The number of oxazole rings is 1. The average Bonchev–Trinajstić information content (AvgIpc) is 2.10. The Bertz CT molecular complexity index is 221. The first-order chi connectivity index (χ1) is 5.09. The summed E-state index contributed by atoms with van der Waals surface area (Å²) >= 11 is 0. The van der Waals surface area contributed by atoms with Crippen LogP contribution >= 0.6 is 0 Å². The summed E-state index contributed by atoms with van der Waals surface area (Å²) in [5.41, 5.74) is 0.903. The van der Waals surface area contributed by atoms with E-state index in [4.69, 9.17) is 9.52 Å². The van der Waals surface area contributed by atoms with Crippen molar-refractivity contribution in [1.82, 2.24) is 4.98 Å². The van der Waals surface area contributed by atoms with E-state index in [1.807, 2.05) is 13.8 Å². The molecule has 1 rings (SSSR count). The molecule has 0 aliphatic rings. The molecule has 3 nitrogen and oxygen atoms in total. The lowest BCUT2D eigenvalue weighted by Gasteiger charge is -1.96. The molecule has 0 saturated carbocycles. The Kier molecular flexibility index (Phi) is 2.29. The maximum Gasteiger partial charge on any atom is 0.197 e. The minimum atomic E-state index is -0.382. The third kappa shape index (κ3) is 2.05. The smallest absolute Gasteiger partial charge is 0.197 e. The molecular weight excluding hydrogens is 142 g/mol. The van der Waals surface area contributed by atoms with E-state index in [-0.39, 0.29) is 6.10 Å². The Morgan fingerprint density at radius 1 is 1.55 bits per heavy atom. The van der Waals surface area contributed by atoms with Gasteiger partial charge in [-0.25, -0.2) is 4.98 Å². The fourth-order valence-corrected chi connectivity index (χ4v) is 0.879. The second-order valence-corrected chi connectivity index (χ2v) is 2.80. The van der Waals surface area contributed by atoms with Crippen LogP contribution in [0.2, 0.25) is 0 Å². The van der Waals surface area contributed by atoms with Crippen molar-refractivity contribution < 1.29 is 9.52 Å². The van der Waals surface area contributed by atoms with Crippen molar-refractivity contribution in [3.05, 3.63) is 17.3 Å². The molecule has 0 aliphatic carbocycles. The van der Waals surface area contributed by atoms with Gasteiger partial charge < -0.3 is 9.52 Å². The van der Waals surface area contributed by atoms with Crippen LogP contribution < -0.4 is 0 Å². The number of aryl methyl sites for hydroxylation is 2. The standard InChI is InChI=1S/C8H13NO2/c1-5(10)4-8-9-6(2)7(3)11-8/h5,10H,4H2,1-3H3. The highest BCUT2D eigenvalue weighted by atomic mass is 16.4. The summed E-state index contributed by atoms with van der Waals surface area (Å²) in [5.74, 6) is 1.45. The number of hydrogen-bond acceptors (Lipinski definition) is 3. The van der Waals surface area contributed by atoms with Gasteiger partial charge in [0.1, 0.15) is 5.76 Å². The summed E-state index contributed by atoms with van der Waals surface area (Å²) in [4.78, 5) is 4.12. The molecule has 0 radical (unpaired) electrons. The van der Waals surface area contributed by atoms with Gasteiger partial charge in [-0.05, 0) is 20.8 Å². The molecular formula is C8H13NO2. The van der Waals surface area contributed by atoms with E-state index in [1.54, 1.807) is 6.92 Å². The van der Waals surface area contributed by atoms with Crippen LogP contribution in [0, 0.1) is 13.8 Å². The summed E-state index contributed by atoms with van der Waals surface area (Å²) in [6, 6.07) is 0. The fraction of sp³-hybridized carbons (Fsp3) is 0.625. The van der Waals surface area contributed by atoms with Gasteiger partial charge in [-0.3, -0.25) is 0 Å². The lowest BCUT2D eigenvalue weighted by Crippen LogP contribution is -2.04. The molecule has 0 spiro atoms. The molecule has 1 N–H and O–H groups in total. The van der Waals surface area contributed by atoms with E-state index >= 15 is 0 Å². The first kappa shape index (κ1) is 8.27. The molecule has 0 fully saturated rings. The molecule has 0 aromatic carbocycles. The van der Waals surface area contributed by atoms with Gasteiger partial charge in [0.25, 0.3) is 0 Å². The van der Waals surface area contributed by atoms with E-state index < -0.39 is 0 Å². The van der Waals surface area contributed by atoms with Crippen LogP contribution in [0.1, 0.15) is 24.3 Å². The normalized spacial score (nSPS) is 13.5. The van der Waals surface area contributed by atoms with Gasteiger partial charge in [-0.15, -0.1) is 0 Å². The van der Waals surface area contributed by atoms with Gasteiger partial charge in [-0.1, -0.05) is 0 Å². The zero-order chi connectivity index (χ0) is 8.43. The molecule has 62 valence electrons. The third-order valence-corrected chi connectivity index (χ3v) is 1.54. The first-order valence-corrected chi connectivity index (χ1v) is 3.70. The fourth-order valence-electron chi connectivity index (χ4n) is 0.879.